The van der Waals surface area contributed by atoms with Gasteiger partial charge in [0, 0.05) is 5.02 Å². The molecule has 176 valence electrons. The van der Waals surface area contributed by atoms with Crippen molar-refractivity contribution in [3.8, 4) is 11.5 Å². The SMILES string of the molecule is CCCCCCCCCCc1cccc(OCCC(=O)Nc2cc(Cl)c(C)c(Cl)c2O)c1. The van der Waals surface area contributed by atoms with Gasteiger partial charge in [-0.1, -0.05) is 87.2 Å². The molecule has 2 aromatic carbocycles. The maximum absolute atomic E-state index is 12.2. The number of phenols is 1. The molecule has 6 heteroatoms. The predicted octanol–water partition coefficient (Wildman–Crippen LogP) is 8.10. The largest absolute Gasteiger partial charge is 0.504 e. The van der Waals surface area contributed by atoms with E-state index in [2.05, 4.69) is 18.3 Å². The van der Waals surface area contributed by atoms with Crippen LogP contribution >= 0.6 is 23.2 Å². The molecule has 0 saturated carbocycles. The Kier molecular flexibility index (Phi) is 11.8. The third-order valence-corrected chi connectivity index (χ3v) is 6.37. The number of aromatic hydroxyl groups is 1. The molecule has 2 aromatic rings. The lowest BCUT2D eigenvalue weighted by molar-refractivity contribution is -0.116. The van der Waals surface area contributed by atoms with Gasteiger partial charge < -0.3 is 15.2 Å². The zero-order valence-electron chi connectivity index (χ0n) is 19.2. The van der Waals surface area contributed by atoms with Gasteiger partial charge in [-0.3, -0.25) is 4.79 Å². The summed E-state index contributed by atoms with van der Waals surface area (Å²) in [6.07, 6.45) is 11.6. The highest BCUT2D eigenvalue weighted by atomic mass is 35.5. The number of hydrogen-bond acceptors (Lipinski definition) is 3. The molecule has 0 aromatic heterocycles. The number of aryl methyl sites for hydroxylation is 1. The number of carbonyl (C=O) groups excluding carboxylic acids is 1. The van der Waals surface area contributed by atoms with Gasteiger partial charge >= 0.3 is 0 Å². The number of unbranched alkanes of at least 4 members (excludes halogenated alkanes) is 7. The number of benzene rings is 2. The Morgan fingerprint density at radius 1 is 1.03 bits per heavy atom. The molecule has 0 heterocycles. The lowest BCUT2D eigenvalue weighted by Gasteiger charge is -2.12. The number of amides is 1. The van der Waals surface area contributed by atoms with Crippen molar-refractivity contribution in [3.63, 3.8) is 0 Å². The molecule has 1 amide bonds. The van der Waals surface area contributed by atoms with E-state index in [1.54, 1.807) is 6.92 Å². The summed E-state index contributed by atoms with van der Waals surface area (Å²) in [5, 5.41) is 13.3. The zero-order valence-corrected chi connectivity index (χ0v) is 20.7. The fraction of sp³-hybridized carbons (Fsp3) is 0.500. The molecule has 2 rings (SSSR count). The van der Waals surface area contributed by atoms with E-state index >= 15 is 0 Å². The highest BCUT2D eigenvalue weighted by Gasteiger charge is 2.14. The molecule has 0 aliphatic carbocycles. The lowest BCUT2D eigenvalue weighted by Crippen LogP contribution is -2.15. The zero-order chi connectivity index (χ0) is 23.3. The minimum absolute atomic E-state index is 0.136. The van der Waals surface area contributed by atoms with Crippen LogP contribution in [0.4, 0.5) is 5.69 Å². The van der Waals surface area contributed by atoms with Gasteiger partial charge in [0.15, 0.2) is 5.75 Å². The molecule has 0 fully saturated rings. The van der Waals surface area contributed by atoms with Crippen LogP contribution in [0.25, 0.3) is 0 Å². The number of ether oxygens (including phenoxy) is 1. The first-order chi connectivity index (χ1) is 15.4. The van der Waals surface area contributed by atoms with E-state index in [4.69, 9.17) is 27.9 Å². The summed E-state index contributed by atoms with van der Waals surface area (Å²) in [5.74, 6) is 0.294. The molecule has 0 radical (unpaired) electrons. The first kappa shape index (κ1) is 26.3. The van der Waals surface area contributed by atoms with Gasteiger partial charge in [0.2, 0.25) is 5.91 Å². The number of hydrogen-bond donors (Lipinski definition) is 2. The molecule has 0 spiro atoms. The summed E-state index contributed by atoms with van der Waals surface area (Å²) >= 11 is 12.1. The van der Waals surface area contributed by atoms with E-state index in [1.165, 1.54) is 63.0 Å². The Bertz CT molecular complexity index is 870. The number of phenolic OH excluding ortho intramolecular Hbond substituents is 1. The van der Waals surface area contributed by atoms with Crippen LogP contribution in [0.15, 0.2) is 30.3 Å². The summed E-state index contributed by atoms with van der Waals surface area (Å²) < 4.78 is 5.76. The lowest BCUT2D eigenvalue weighted by atomic mass is 10.0. The quantitative estimate of drug-likeness (QED) is 0.212. The Labute approximate surface area is 202 Å². The molecule has 0 unspecified atom stereocenters. The van der Waals surface area contributed by atoms with Gasteiger partial charge in [-0.05, 0) is 49.1 Å². The Hall–Kier alpha value is -1.91. The molecule has 0 aliphatic heterocycles. The van der Waals surface area contributed by atoms with E-state index < -0.39 is 0 Å². The number of nitrogens with one attached hydrogen (secondary N) is 1. The van der Waals surface area contributed by atoms with Gasteiger partial charge in [-0.15, -0.1) is 0 Å². The fourth-order valence-electron chi connectivity index (χ4n) is 3.53. The van der Waals surface area contributed by atoms with Gasteiger partial charge in [-0.25, -0.2) is 0 Å². The average Bonchev–Trinajstić information content (AvgIpc) is 2.78. The van der Waals surface area contributed by atoms with Crippen molar-refractivity contribution < 1.29 is 14.6 Å². The van der Waals surface area contributed by atoms with Gasteiger partial charge in [-0.2, -0.15) is 0 Å². The van der Waals surface area contributed by atoms with Crippen LogP contribution in [-0.4, -0.2) is 17.6 Å². The van der Waals surface area contributed by atoms with Crippen molar-refractivity contribution in [3.05, 3.63) is 51.5 Å². The van der Waals surface area contributed by atoms with Crippen molar-refractivity contribution in [1.29, 1.82) is 0 Å². The van der Waals surface area contributed by atoms with Gasteiger partial charge in [0.1, 0.15) is 5.75 Å². The number of anilines is 1. The minimum Gasteiger partial charge on any atom is -0.504 e. The number of rotatable bonds is 14. The Balaban J connectivity index is 1.70. The summed E-state index contributed by atoms with van der Waals surface area (Å²) in [6.45, 7) is 4.18. The van der Waals surface area contributed by atoms with Crippen molar-refractivity contribution in [2.45, 2.75) is 78.1 Å². The molecule has 2 N–H and O–H groups in total. The van der Waals surface area contributed by atoms with Crippen molar-refractivity contribution in [2.24, 2.45) is 0 Å². The first-order valence-corrected chi connectivity index (χ1v) is 12.4. The first-order valence-electron chi connectivity index (χ1n) is 11.6. The molecule has 0 saturated heterocycles. The normalized spacial score (nSPS) is 10.9. The maximum Gasteiger partial charge on any atom is 0.227 e. The van der Waals surface area contributed by atoms with E-state index in [0.717, 1.165) is 12.2 Å². The maximum atomic E-state index is 12.2. The number of carbonyl (C=O) groups is 1. The molecule has 4 nitrogen and oxygen atoms in total. The smallest absolute Gasteiger partial charge is 0.227 e. The monoisotopic (exact) mass is 479 g/mol. The standard InChI is InChI=1S/C26H35Cl2NO3/c1-3-4-5-6-7-8-9-10-12-20-13-11-14-21(17-20)32-16-15-24(30)29-23-18-22(27)19(2)25(28)26(23)31/h11,13-14,17-18,31H,3-10,12,15-16H2,1-2H3,(H,29,30). The molecule has 0 bridgehead atoms. The van der Waals surface area contributed by atoms with Crippen molar-refractivity contribution in [1.82, 2.24) is 0 Å². The molecule has 0 atom stereocenters. The second-order valence-corrected chi connectivity index (χ2v) is 9.00. The number of halogens is 2. The van der Waals surface area contributed by atoms with E-state index in [0.29, 0.717) is 10.6 Å². The van der Waals surface area contributed by atoms with Crippen LogP contribution in [0.2, 0.25) is 10.0 Å². The molecule has 0 aliphatic rings. The average molecular weight is 480 g/mol. The summed E-state index contributed by atoms with van der Waals surface area (Å²) in [6, 6.07) is 9.55. The molecular weight excluding hydrogens is 445 g/mol. The van der Waals surface area contributed by atoms with E-state index in [9.17, 15) is 9.90 Å². The van der Waals surface area contributed by atoms with E-state index in [1.807, 2.05) is 18.2 Å². The van der Waals surface area contributed by atoms with Crippen LogP contribution in [0, 0.1) is 6.92 Å². The van der Waals surface area contributed by atoms with Crippen LogP contribution in [-0.2, 0) is 11.2 Å². The Morgan fingerprint density at radius 3 is 2.44 bits per heavy atom. The third kappa shape index (κ3) is 8.91. The van der Waals surface area contributed by atoms with Gasteiger partial charge in [0.25, 0.3) is 0 Å². The van der Waals surface area contributed by atoms with Crippen LogP contribution in [0.5, 0.6) is 11.5 Å². The van der Waals surface area contributed by atoms with Crippen LogP contribution in [0.3, 0.4) is 0 Å². The fourth-order valence-corrected chi connectivity index (χ4v) is 3.98. The van der Waals surface area contributed by atoms with Crippen LogP contribution < -0.4 is 10.1 Å². The second kappa shape index (κ2) is 14.3. The van der Waals surface area contributed by atoms with Gasteiger partial charge in [0.05, 0.1) is 23.7 Å². The summed E-state index contributed by atoms with van der Waals surface area (Å²) in [5.41, 5.74) is 2.02. The highest BCUT2D eigenvalue weighted by Crippen LogP contribution is 2.38. The van der Waals surface area contributed by atoms with Crippen molar-refractivity contribution >= 4 is 34.8 Å². The highest BCUT2D eigenvalue weighted by molar-refractivity contribution is 6.37. The molecular formula is C26H35Cl2NO3. The third-order valence-electron chi connectivity index (χ3n) is 5.51. The summed E-state index contributed by atoms with van der Waals surface area (Å²) in [4.78, 5) is 12.2. The minimum atomic E-state index is -0.286. The second-order valence-electron chi connectivity index (χ2n) is 8.21. The Morgan fingerprint density at radius 2 is 1.72 bits per heavy atom. The van der Waals surface area contributed by atoms with Crippen molar-refractivity contribution in [2.75, 3.05) is 11.9 Å². The molecule has 32 heavy (non-hydrogen) atoms. The predicted molar refractivity (Wildman–Crippen MR) is 134 cm³/mol. The van der Waals surface area contributed by atoms with Crippen LogP contribution in [0.1, 0.15) is 75.8 Å². The summed E-state index contributed by atoms with van der Waals surface area (Å²) in [7, 11) is 0. The van der Waals surface area contributed by atoms with E-state index in [-0.39, 0.29) is 35.4 Å². The topological polar surface area (TPSA) is 58.6 Å².